The molecule has 1 amide bonds. The van der Waals surface area contributed by atoms with E-state index in [1.165, 1.54) is 6.42 Å². The number of nitrogens with two attached hydrogens (primary N) is 1. The SMILES string of the molecule is NC1C2CCC(C2)C1C(=O)Nc1ccccn1. The van der Waals surface area contributed by atoms with Crippen LogP contribution in [-0.2, 0) is 4.79 Å². The molecule has 90 valence electrons. The van der Waals surface area contributed by atoms with Crippen LogP contribution in [0.4, 0.5) is 5.82 Å². The van der Waals surface area contributed by atoms with E-state index in [-0.39, 0.29) is 17.9 Å². The lowest BCUT2D eigenvalue weighted by atomic mass is 9.84. The van der Waals surface area contributed by atoms with Gasteiger partial charge in [0.05, 0.1) is 5.92 Å². The Kier molecular flexibility index (Phi) is 2.59. The summed E-state index contributed by atoms with van der Waals surface area (Å²) >= 11 is 0. The maximum Gasteiger partial charge on any atom is 0.230 e. The molecule has 2 bridgehead atoms. The largest absolute Gasteiger partial charge is 0.327 e. The van der Waals surface area contributed by atoms with Crippen molar-refractivity contribution in [2.45, 2.75) is 25.3 Å². The van der Waals surface area contributed by atoms with Gasteiger partial charge in [-0.1, -0.05) is 6.07 Å². The third-order valence-corrected chi connectivity index (χ3v) is 4.20. The number of pyridine rings is 1. The van der Waals surface area contributed by atoms with E-state index in [2.05, 4.69) is 10.3 Å². The van der Waals surface area contributed by atoms with Gasteiger partial charge in [0.1, 0.15) is 5.82 Å². The lowest BCUT2D eigenvalue weighted by Crippen LogP contribution is -2.42. The average Bonchev–Trinajstić information content (AvgIpc) is 2.90. The van der Waals surface area contributed by atoms with Gasteiger partial charge in [0.25, 0.3) is 0 Å². The van der Waals surface area contributed by atoms with E-state index < -0.39 is 0 Å². The lowest BCUT2D eigenvalue weighted by Gasteiger charge is -2.26. The second-order valence-corrected chi connectivity index (χ2v) is 5.14. The number of carbonyl (C=O) groups excluding carboxylic acids is 1. The first-order chi connectivity index (χ1) is 8.25. The predicted molar refractivity (Wildman–Crippen MR) is 65.2 cm³/mol. The van der Waals surface area contributed by atoms with Crippen molar-refractivity contribution in [3.63, 3.8) is 0 Å². The number of anilines is 1. The number of nitrogens with zero attached hydrogens (tertiary/aromatic N) is 1. The third-order valence-electron chi connectivity index (χ3n) is 4.20. The van der Waals surface area contributed by atoms with E-state index in [1.54, 1.807) is 12.3 Å². The van der Waals surface area contributed by atoms with Gasteiger partial charge in [-0.05, 0) is 43.2 Å². The molecule has 4 unspecified atom stereocenters. The molecule has 0 aliphatic heterocycles. The van der Waals surface area contributed by atoms with Crippen LogP contribution in [0, 0.1) is 17.8 Å². The standard InChI is InChI=1S/C13H17N3O/c14-12-9-5-4-8(7-9)11(12)13(17)16-10-3-1-2-6-15-10/h1-3,6,8-9,11-12H,4-5,7,14H2,(H,15,16,17). The number of carbonyl (C=O) groups is 1. The highest BCUT2D eigenvalue weighted by molar-refractivity contribution is 5.92. The van der Waals surface area contributed by atoms with Crippen LogP contribution < -0.4 is 11.1 Å². The molecule has 4 heteroatoms. The van der Waals surface area contributed by atoms with Crippen molar-refractivity contribution >= 4 is 11.7 Å². The van der Waals surface area contributed by atoms with Gasteiger partial charge in [-0.2, -0.15) is 0 Å². The van der Waals surface area contributed by atoms with Gasteiger partial charge in [-0.3, -0.25) is 4.79 Å². The molecule has 1 aromatic rings. The first-order valence-electron chi connectivity index (χ1n) is 6.23. The van der Waals surface area contributed by atoms with Crippen LogP contribution in [0.3, 0.4) is 0 Å². The van der Waals surface area contributed by atoms with Crippen LogP contribution in [0.5, 0.6) is 0 Å². The Labute approximate surface area is 101 Å². The van der Waals surface area contributed by atoms with Gasteiger partial charge in [-0.15, -0.1) is 0 Å². The zero-order chi connectivity index (χ0) is 11.8. The van der Waals surface area contributed by atoms with Crippen LogP contribution >= 0.6 is 0 Å². The average molecular weight is 231 g/mol. The topological polar surface area (TPSA) is 68.0 Å². The third kappa shape index (κ3) is 1.82. The van der Waals surface area contributed by atoms with Gasteiger partial charge in [-0.25, -0.2) is 4.98 Å². The monoisotopic (exact) mass is 231 g/mol. The Balaban J connectivity index is 1.71. The molecule has 4 nitrogen and oxygen atoms in total. The highest BCUT2D eigenvalue weighted by Gasteiger charge is 2.49. The number of rotatable bonds is 2. The summed E-state index contributed by atoms with van der Waals surface area (Å²) in [6.45, 7) is 0. The summed E-state index contributed by atoms with van der Waals surface area (Å²) in [5, 5.41) is 2.87. The zero-order valence-electron chi connectivity index (χ0n) is 9.67. The van der Waals surface area contributed by atoms with E-state index >= 15 is 0 Å². The molecule has 1 aromatic heterocycles. The fourth-order valence-corrected chi connectivity index (χ4v) is 3.37. The second kappa shape index (κ2) is 4.11. The molecule has 3 rings (SSSR count). The molecule has 2 aliphatic carbocycles. The first-order valence-corrected chi connectivity index (χ1v) is 6.23. The zero-order valence-corrected chi connectivity index (χ0v) is 9.67. The van der Waals surface area contributed by atoms with Gasteiger partial charge < -0.3 is 11.1 Å². The summed E-state index contributed by atoms with van der Waals surface area (Å²) in [5.74, 6) is 1.69. The molecule has 0 radical (unpaired) electrons. The van der Waals surface area contributed by atoms with E-state index in [4.69, 9.17) is 5.73 Å². The smallest absolute Gasteiger partial charge is 0.230 e. The van der Waals surface area contributed by atoms with E-state index in [9.17, 15) is 4.79 Å². The molecule has 0 saturated heterocycles. The molecule has 4 atom stereocenters. The fraction of sp³-hybridized carbons (Fsp3) is 0.538. The number of nitrogens with one attached hydrogen (secondary N) is 1. The Hall–Kier alpha value is -1.42. The Morgan fingerprint density at radius 3 is 2.82 bits per heavy atom. The van der Waals surface area contributed by atoms with Crippen molar-refractivity contribution in [3.8, 4) is 0 Å². The van der Waals surface area contributed by atoms with Crippen molar-refractivity contribution in [2.75, 3.05) is 5.32 Å². The van der Waals surface area contributed by atoms with Crippen molar-refractivity contribution < 1.29 is 4.79 Å². The summed E-state index contributed by atoms with van der Waals surface area (Å²) in [5.41, 5.74) is 6.14. The summed E-state index contributed by atoms with van der Waals surface area (Å²) < 4.78 is 0. The van der Waals surface area contributed by atoms with Crippen LogP contribution in [0.2, 0.25) is 0 Å². The van der Waals surface area contributed by atoms with Crippen molar-refractivity contribution in [1.82, 2.24) is 4.98 Å². The van der Waals surface area contributed by atoms with Crippen molar-refractivity contribution in [2.24, 2.45) is 23.5 Å². The van der Waals surface area contributed by atoms with Gasteiger partial charge in [0.15, 0.2) is 0 Å². The Bertz CT molecular complexity index is 418. The van der Waals surface area contributed by atoms with Crippen LogP contribution in [-0.4, -0.2) is 16.9 Å². The molecule has 0 aromatic carbocycles. The normalized spacial score (nSPS) is 34.9. The molecule has 2 saturated carbocycles. The predicted octanol–water partition coefficient (Wildman–Crippen LogP) is 1.39. The summed E-state index contributed by atoms with van der Waals surface area (Å²) in [6, 6.07) is 5.54. The molecule has 1 heterocycles. The lowest BCUT2D eigenvalue weighted by molar-refractivity contribution is -0.121. The minimum Gasteiger partial charge on any atom is -0.327 e. The molecular formula is C13H17N3O. The molecule has 17 heavy (non-hydrogen) atoms. The number of fused-ring (bicyclic) bond motifs is 2. The summed E-state index contributed by atoms with van der Waals surface area (Å²) in [6.07, 6.45) is 5.15. The molecular weight excluding hydrogens is 214 g/mol. The quantitative estimate of drug-likeness (QED) is 0.808. The van der Waals surface area contributed by atoms with Gasteiger partial charge in [0, 0.05) is 12.2 Å². The highest BCUT2D eigenvalue weighted by Crippen LogP contribution is 2.47. The van der Waals surface area contributed by atoms with Gasteiger partial charge in [0.2, 0.25) is 5.91 Å². The fourth-order valence-electron chi connectivity index (χ4n) is 3.37. The Morgan fingerprint density at radius 1 is 1.35 bits per heavy atom. The van der Waals surface area contributed by atoms with Gasteiger partial charge >= 0.3 is 0 Å². The van der Waals surface area contributed by atoms with E-state index in [0.29, 0.717) is 17.7 Å². The number of hydrogen-bond donors (Lipinski definition) is 2. The molecule has 2 aliphatic rings. The maximum atomic E-state index is 12.2. The number of hydrogen-bond acceptors (Lipinski definition) is 3. The summed E-state index contributed by atoms with van der Waals surface area (Å²) in [7, 11) is 0. The van der Waals surface area contributed by atoms with Crippen LogP contribution in [0.25, 0.3) is 0 Å². The molecule has 3 N–H and O–H groups in total. The number of amides is 1. The number of aromatic nitrogens is 1. The minimum atomic E-state index is -0.0178. The maximum absolute atomic E-state index is 12.2. The molecule has 2 fully saturated rings. The van der Waals surface area contributed by atoms with E-state index in [0.717, 1.165) is 12.8 Å². The Morgan fingerprint density at radius 2 is 2.18 bits per heavy atom. The minimum absolute atomic E-state index is 0.0178. The second-order valence-electron chi connectivity index (χ2n) is 5.14. The van der Waals surface area contributed by atoms with E-state index in [1.807, 2.05) is 12.1 Å². The van der Waals surface area contributed by atoms with Crippen LogP contribution in [0.1, 0.15) is 19.3 Å². The van der Waals surface area contributed by atoms with Crippen LogP contribution in [0.15, 0.2) is 24.4 Å². The highest BCUT2D eigenvalue weighted by atomic mass is 16.2. The van der Waals surface area contributed by atoms with Crippen molar-refractivity contribution in [1.29, 1.82) is 0 Å². The molecule has 0 spiro atoms. The first kappa shape index (κ1) is 10.7. The summed E-state index contributed by atoms with van der Waals surface area (Å²) in [4.78, 5) is 16.3. The van der Waals surface area contributed by atoms with Crippen molar-refractivity contribution in [3.05, 3.63) is 24.4 Å².